The minimum absolute atomic E-state index is 0.101. The largest absolute Gasteiger partial charge is 0.416 e. The molecule has 40 heavy (non-hydrogen) atoms. The van der Waals surface area contributed by atoms with Crippen LogP contribution in [0.2, 0.25) is 0 Å². The number of benzene rings is 4. The zero-order valence-electron chi connectivity index (χ0n) is 21.2. The Morgan fingerprint density at radius 2 is 1.50 bits per heavy atom. The minimum atomic E-state index is -4.39. The Hall–Kier alpha value is -4.79. The monoisotopic (exact) mass is 540 g/mol. The van der Waals surface area contributed by atoms with Crippen LogP contribution in [0.1, 0.15) is 21.5 Å². The van der Waals surface area contributed by atoms with Crippen LogP contribution >= 0.6 is 0 Å². The molecule has 7 rings (SSSR count). The summed E-state index contributed by atoms with van der Waals surface area (Å²) in [7, 11) is 0. The Morgan fingerprint density at radius 1 is 0.800 bits per heavy atom. The van der Waals surface area contributed by atoms with E-state index in [2.05, 4.69) is 15.4 Å². The number of hydrogen-bond acceptors (Lipinski definition) is 6. The van der Waals surface area contributed by atoms with Crippen molar-refractivity contribution in [2.45, 2.75) is 6.18 Å². The third-order valence-corrected chi connectivity index (χ3v) is 7.59. The number of carbonyl (C=O) groups is 1. The van der Waals surface area contributed by atoms with Gasteiger partial charge in [0, 0.05) is 48.7 Å². The van der Waals surface area contributed by atoms with Crippen molar-refractivity contribution in [1.82, 2.24) is 5.16 Å². The first-order chi connectivity index (χ1) is 19.4. The smallest absolute Gasteiger partial charge is 0.368 e. The zero-order chi connectivity index (χ0) is 27.4. The summed E-state index contributed by atoms with van der Waals surface area (Å²) in [6.45, 7) is 2.17. The van der Waals surface area contributed by atoms with Gasteiger partial charge in [-0.1, -0.05) is 53.7 Å². The molecule has 1 saturated heterocycles. The van der Waals surface area contributed by atoms with Crippen LogP contribution in [0.4, 0.5) is 35.9 Å². The Balaban J connectivity index is 1.28. The molecule has 4 aromatic carbocycles. The highest BCUT2D eigenvalue weighted by Crippen LogP contribution is 2.46. The molecule has 0 unspecified atom stereocenters. The van der Waals surface area contributed by atoms with Gasteiger partial charge in [-0.05, 0) is 36.4 Å². The number of rotatable bonds is 4. The van der Waals surface area contributed by atoms with E-state index in [1.165, 1.54) is 12.1 Å². The van der Waals surface area contributed by atoms with Crippen LogP contribution in [0.25, 0.3) is 22.2 Å². The van der Waals surface area contributed by atoms with E-state index in [9.17, 15) is 18.0 Å². The predicted molar refractivity (Wildman–Crippen MR) is 148 cm³/mol. The van der Waals surface area contributed by atoms with Crippen molar-refractivity contribution in [3.05, 3.63) is 102 Å². The van der Waals surface area contributed by atoms with Gasteiger partial charge in [0.25, 0.3) is 0 Å². The normalized spacial score (nSPS) is 14.9. The molecule has 2 heterocycles. The minimum Gasteiger partial charge on any atom is -0.368 e. The number of carbonyl (C=O) groups excluding carboxylic acids is 1. The zero-order valence-corrected chi connectivity index (χ0v) is 21.2. The van der Waals surface area contributed by atoms with Crippen molar-refractivity contribution in [3.63, 3.8) is 0 Å². The molecule has 200 valence electrons. The number of alkyl halides is 3. The maximum Gasteiger partial charge on any atom is 0.416 e. The molecule has 0 amide bonds. The summed E-state index contributed by atoms with van der Waals surface area (Å²) in [5.41, 5.74) is 4.56. The van der Waals surface area contributed by atoms with E-state index in [1.54, 1.807) is 12.1 Å². The van der Waals surface area contributed by atoms with Gasteiger partial charge in [-0.25, -0.2) is 0 Å². The average Bonchev–Trinajstić information content (AvgIpc) is 3.42. The molecule has 1 aliphatic heterocycles. The SMILES string of the molecule is O=C1c2ccccc2-c2onc3c(N4CCN(c5cccc(C(F)(F)F)c5)CC4)cc(Nc4ccccc4)c1c23. The topological polar surface area (TPSA) is 61.6 Å². The van der Waals surface area contributed by atoms with E-state index in [0.29, 0.717) is 70.9 Å². The molecule has 1 fully saturated rings. The Kier molecular flexibility index (Phi) is 5.55. The molecule has 0 atom stereocenters. The van der Waals surface area contributed by atoms with Gasteiger partial charge in [-0.15, -0.1) is 0 Å². The van der Waals surface area contributed by atoms with E-state index in [-0.39, 0.29) is 5.78 Å². The highest BCUT2D eigenvalue weighted by molar-refractivity contribution is 6.28. The number of fused-ring (bicyclic) bond motifs is 2. The number of aromatic nitrogens is 1. The Bertz CT molecular complexity index is 1760. The average molecular weight is 541 g/mol. The molecular formula is C31H23F3N4O2. The summed E-state index contributed by atoms with van der Waals surface area (Å²) < 4.78 is 45.7. The lowest BCUT2D eigenvalue weighted by molar-refractivity contribution is -0.137. The van der Waals surface area contributed by atoms with Crippen LogP contribution in [-0.4, -0.2) is 37.1 Å². The van der Waals surface area contributed by atoms with Crippen LogP contribution in [0.3, 0.4) is 0 Å². The lowest BCUT2D eigenvalue weighted by Gasteiger charge is -2.38. The molecule has 0 radical (unpaired) electrons. The van der Waals surface area contributed by atoms with Gasteiger partial charge in [0.15, 0.2) is 11.5 Å². The second kappa shape index (κ2) is 9.15. The second-order valence-corrected chi connectivity index (χ2v) is 9.94. The van der Waals surface area contributed by atoms with Gasteiger partial charge < -0.3 is 19.6 Å². The van der Waals surface area contributed by atoms with E-state index >= 15 is 0 Å². The van der Waals surface area contributed by atoms with Crippen LogP contribution in [0, 0.1) is 0 Å². The predicted octanol–water partition coefficient (Wildman–Crippen LogP) is 7.13. The number of para-hydroxylation sites is 1. The fraction of sp³-hybridized carbons (Fsp3) is 0.161. The van der Waals surface area contributed by atoms with E-state index in [0.717, 1.165) is 17.4 Å². The summed E-state index contributed by atoms with van der Waals surface area (Å²) in [5, 5.41) is 8.52. The van der Waals surface area contributed by atoms with Crippen LogP contribution in [0.15, 0.2) is 89.5 Å². The van der Waals surface area contributed by atoms with Crippen LogP contribution < -0.4 is 15.1 Å². The van der Waals surface area contributed by atoms with Gasteiger partial charge in [-0.2, -0.15) is 13.2 Å². The van der Waals surface area contributed by atoms with Crippen LogP contribution in [0.5, 0.6) is 0 Å². The van der Waals surface area contributed by atoms with E-state index in [4.69, 9.17) is 4.52 Å². The molecule has 9 heteroatoms. The number of ketones is 1. The van der Waals surface area contributed by atoms with Crippen molar-refractivity contribution in [2.24, 2.45) is 0 Å². The molecule has 6 nitrogen and oxygen atoms in total. The number of hydrogen-bond donors (Lipinski definition) is 1. The van der Waals surface area contributed by atoms with Gasteiger partial charge in [0.05, 0.1) is 27.9 Å². The van der Waals surface area contributed by atoms with E-state index in [1.807, 2.05) is 59.5 Å². The van der Waals surface area contributed by atoms with E-state index < -0.39 is 11.7 Å². The molecule has 1 N–H and O–H groups in total. The lowest BCUT2D eigenvalue weighted by atomic mass is 9.86. The molecule has 5 aromatic rings. The fourth-order valence-corrected chi connectivity index (χ4v) is 5.64. The Morgan fingerprint density at radius 3 is 2.25 bits per heavy atom. The highest BCUT2D eigenvalue weighted by atomic mass is 19.4. The van der Waals surface area contributed by atoms with Crippen molar-refractivity contribution in [2.75, 3.05) is 41.3 Å². The first-order valence-electron chi connectivity index (χ1n) is 13.0. The number of nitrogens with one attached hydrogen (secondary N) is 1. The third-order valence-electron chi connectivity index (χ3n) is 7.59. The molecule has 2 aliphatic rings. The summed E-state index contributed by atoms with van der Waals surface area (Å²) in [4.78, 5) is 17.9. The Labute approximate surface area is 227 Å². The number of halogens is 3. The molecular weight excluding hydrogens is 517 g/mol. The quantitative estimate of drug-likeness (QED) is 0.257. The van der Waals surface area contributed by atoms with Gasteiger partial charge in [0.1, 0.15) is 5.52 Å². The number of anilines is 4. The maximum atomic E-state index is 13.8. The van der Waals surface area contributed by atoms with Gasteiger partial charge in [-0.3, -0.25) is 4.79 Å². The van der Waals surface area contributed by atoms with Crippen molar-refractivity contribution in [3.8, 4) is 11.3 Å². The van der Waals surface area contributed by atoms with Crippen molar-refractivity contribution < 1.29 is 22.5 Å². The number of nitrogens with zero attached hydrogens (tertiary/aromatic N) is 3. The summed E-state index contributed by atoms with van der Waals surface area (Å²) in [6.07, 6.45) is -4.39. The first-order valence-corrected chi connectivity index (χ1v) is 13.0. The molecule has 1 aromatic heterocycles. The summed E-state index contributed by atoms with van der Waals surface area (Å²) in [6, 6.07) is 24.3. The second-order valence-electron chi connectivity index (χ2n) is 9.94. The third kappa shape index (κ3) is 3.97. The molecule has 0 saturated carbocycles. The number of piperazine rings is 1. The van der Waals surface area contributed by atoms with Crippen molar-refractivity contribution in [1.29, 1.82) is 0 Å². The van der Waals surface area contributed by atoms with Crippen LogP contribution in [-0.2, 0) is 6.18 Å². The summed E-state index contributed by atoms with van der Waals surface area (Å²) >= 11 is 0. The lowest BCUT2D eigenvalue weighted by Crippen LogP contribution is -2.46. The van der Waals surface area contributed by atoms with Crippen molar-refractivity contribution >= 4 is 39.4 Å². The molecule has 1 aliphatic carbocycles. The maximum absolute atomic E-state index is 13.8. The summed E-state index contributed by atoms with van der Waals surface area (Å²) in [5.74, 6) is 0.455. The molecule has 0 spiro atoms. The van der Waals surface area contributed by atoms with Gasteiger partial charge >= 0.3 is 6.18 Å². The van der Waals surface area contributed by atoms with Gasteiger partial charge in [0.2, 0.25) is 0 Å². The standard InChI is InChI=1S/C31H23F3N4O2/c32-31(33,34)19-7-6-10-21(17-19)37-13-15-38(16-14-37)25-18-24(35-20-8-2-1-3-9-20)26-27-28(25)36-40-30(27)23-12-5-4-11-22(23)29(26)39/h1-12,17-18,35H,13-16H2. The highest BCUT2D eigenvalue weighted by Gasteiger charge is 2.35. The first kappa shape index (κ1) is 24.3. The molecule has 0 bridgehead atoms. The fourth-order valence-electron chi connectivity index (χ4n) is 5.64.